The third kappa shape index (κ3) is 13.7. The Morgan fingerprint density at radius 1 is 0.868 bits per heavy atom. The first-order valence-electron chi connectivity index (χ1n) is 26.3. The van der Waals surface area contributed by atoms with Gasteiger partial charge in [-0.05, 0) is 79.6 Å². The van der Waals surface area contributed by atoms with Crippen molar-refractivity contribution in [1.82, 2.24) is 30.5 Å². The number of aryl methyl sites for hydroxylation is 1. The highest BCUT2D eigenvalue weighted by Crippen LogP contribution is 2.44. The number of hydrogen-bond donors (Lipinski definition) is 4. The fourth-order valence-corrected chi connectivity index (χ4v) is 10.8. The average Bonchev–Trinajstić information content (AvgIpc) is 4.23. The lowest BCUT2D eigenvalue weighted by molar-refractivity contribution is -0.146. The molecule has 76 heavy (non-hydrogen) atoms. The highest BCUT2D eigenvalue weighted by molar-refractivity contribution is 7.13. The molecule has 404 valence electrons. The van der Waals surface area contributed by atoms with Gasteiger partial charge in [-0.25, -0.2) is 9.97 Å². The Morgan fingerprint density at radius 3 is 2.24 bits per heavy atom. The van der Waals surface area contributed by atoms with E-state index in [1.54, 1.807) is 53.7 Å². The largest absolute Gasteiger partial charge is 0.391 e. The van der Waals surface area contributed by atoms with Gasteiger partial charge in [0.1, 0.15) is 17.5 Å². The molecule has 5 aromatic rings. The molecule has 4 atom stereocenters. The number of aliphatic hydroxyl groups excluding tert-OH is 1. The van der Waals surface area contributed by atoms with Gasteiger partial charge in [-0.1, -0.05) is 70.0 Å². The average molecular weight is 1060 g/mol. The quantitative estimate of drug-likeness (QED) is 0.0457. The molecule has 0 bridgehead atoms. The summed E-state index contributed by atoms with van der Waals surface area (Å²) in [4.78, 5) is 87.6. The van der Waals surface area contributed by atoms with E-state index in [1.807, 2.05) is 88.7 Å². The van der Waals surface area contributed by atoms with Crippen molar-refractivity contribution in [2.75, 3.05) is 74.9 Å². The number of hydrogen-bond acceptors (Lipinski definition) is 15. The number of aromatic nitrogens is 3. The van der Waals surface area contributed by atoms with Crippen LogP contribution in [-0.2, 0) is 28.6 Å². The van der Waals surface area contributed by atoms with Crippen molar-refractivity contribution in [3.8, 4) is 10.4 Å². The van der Waals surface area contributed by atoms with Crippen LogP contribution in [0.4, 0.5) is 28.8 Å². The predicted molar refractivity (Wildman–Crippen MR) is 292 cm³/mol. The maximum Gasteiger partial charge on any atom is 0.260 e. The van der Waals surface area contributed by atoms with E-state index >= 15 is 0 Å². The van der Waals surface area contributed by atoms with Crippen LogP contribution in [0.2, 0.25) is 0 Å². The zero-order valence-electron chi connectivity index (χ0n) is 44.4. The van der Waals surface area contributed by atoms with Crippen LogP contribution < -0.4 is 25.8 Å². The normalized spacial score (nSPS) is 17.5. The highest BCUT2D eigenvalue weighted by Gasteiger charge is 2.45. The molecule has 4 N–H and O–H groups in total. The maximum absolute atomic E-state index is 14.1. The number of fused-ring (bicyclic) bond motifs is 2. The molecule has 0 unspecified atom stereocenters. The van der Waals surface area contributed by atoms with E-state index in [0.29, 0.717) is 67.2 Å². The minimum atomic E-state index is -0.861. The fraction of sp³-hybridized carbons (Fsp3) is 0.474. The minimum absolute atomic E-state index is 0.0147. The predicted octanol–water partition coefficient (Wildman–Crippen LogP) is 7.95. The highest BCUT2D eigenvalue weighted by atomic mass is 32.1. The summed E-state index contributed by atoms with van der Waals surface area (Å²) in [6.07, 6.45) is 5.30. The molecular weight excluding hydrogens is 987 g/mol. The molecule has 3 aliphatic rings. The molecule has 0 spiro atoms. The lowest BCUT2D eigenvalue weighted by Crippen LogP contribution is -2.50. The number of nitrogens with zero attached hydrogens (tertiary/aromatic N) is 6. The second-order valence-electron chi connectivity index (χ2n) is 20.8. The number of likely N-dealkylation sites (tertiary alicyclic amines) is 1. The zero-order valence-corrected chi connectivity index (χ0v) is 45.2. The lowest BCUT2D eigenvalue weighted by atomic mass is 9.76. The van der Waals surface area contributed by atoms with Crippen molar-refractivity contribution in [2.45, 2.75) is 104 Å². The third-order valence-electron chi connectivity index (χ3n) is 14.3. The number of β-amino-alcohol motifs (C(OH)–C–C–N with tert-alkyl or cyclic N) is 1. The number of rotatable bonds is 23. The number of carbonyl (C=O) groups is 5. The Bertz CT molecular complexity index is 2810. The summed E-state index contributed by atoms with van der Waals surface area (Å²) in [5, 5.41) is 19.8. The number of Topliss-reactive ketones (excluding diaryl/α,β-unsaturated/α-hetero) is 1. The lowest BCUT2D eigenvalue weighted by Gasteiger charge is -2.35. The monoisotopic (exact) mass is 1060 g/mol. The van der Waals surface area contributed by atoms with Gasteiger partial charge >= 0.3 is 0 Å². The van der Waals surface area contributed by atoms with E-state index in [9.17, 15) is 29.1 Å². The molecule has 2 aromatic heterocycles. The van der Waals surface area contributed by atoms with Gasteiger partial charge in [0.2, 0.25) is 17.8 Å². The first kappa shape index (κ1) is 55.6. The van der Waals surface area contributed by atoms with Crippen molar-refractivity contribution in [3.63, 3.8) is 0 Å². The van der Waals surface area contributed by atoms with Gasteiger partial charge in [0, 0.05) is 62.6 Å². The number of carbonyl (C=O) groups excluding carboxylic acids is 5. The van der Waals surface area contributed by atoms with Gasteiger partial charge in [0.25, 0.3) is 11.8 Å². The number of amides is 4. The van der Waals surface area contributed by atoms with Crippen LogP contribution in [0.15, 0.2) is 84.5 Å². The van der Waals surface area contributed by atoms with Crippen LogP contribution in [0.25, 0.3) is 10.4 Å². The summed E-state index contributed by atoms with van der Waals surface area (Å²) in [6, 6.07) is 21.7. The number of para-hydroxylation sites is 1. The van der Waals surface area contributed by atoms with Gasteiger partial charge in [0.05, 0.1) is 85.3 Å². The SMILES string of the molecule is Cc1ncsc1-c1ccc([C@H](C)NC(=O)[C@@H]2C[C@@H](O)CN2C(=O)[C@@H](CC(=O)CCOCCOCCOCCNC(=O)c2ccc(Nc3ncc4c(n3)N(C3CCCC3)c3ccccc3C(=O)N4C)cc2)C(C)(C)C)cc1. The smallest absolute Gasteiger partial charge is 0.260 e. The molecule has 0 radical (unpaired) electrons. The number of ether oxygens (including phenoxy) is 3. The van der Waals surface area contributed by atoms with E-state index in [1.165, 1.54) is 4.90 Å². The number of aliphatic hydroxyl groups is 1. The summed E-state index contributed by atoms with van der Waals surface area (Å²) in [5.41, 5.74) is 7.46. The topological polar surface area (TPSA) is 218 Å². The molecule has 8 rings (SSSR count). The van der Waals surface area contributed by atoms with Crippen LogP contribution in [0.1, 0.15) is 111 Å². The van der Waals surface area contributed by atoms with Crippen molar-refractivity contribution < 1.29 is 43.3 Å². The van der Waals surface area contributed by atoms with E-state index in [0.717, 1.165) is 53.1 Å². The van der Waals surface area contributed by atoms with Crippen molar-refractivity contribution >= 4 is 69.6 Å². The van der Waals surface area contributed by atoms with Gasteiger partial charge in [-0.3, -0.25) is 24.0 Å². The van der Waals surface area contributed by atoms with E-state index in [-0.39, 0.29) is 80.5 Å². The summed E-state index contributed by atoms with van der Waals surface area (Å²) in [7, 11) is 1.75. The Labute approximate surface area is 448 Å². The first-order valence-corrected chi connectivity index (χ1v) is 27.2. The Hall–Kier alpha value is -6.64. The van der Waals surface area contributed by atoms with Crippen molar-refractivity contribution in [1.29, 1.82) is 0 Å². The van der Waals surface area contributed by atoms with Crippen molar-refractivity contribution in [3.05, 3.63) is 107 Å². The third-order valence-corrected chi connectivity index (χ3v) is 15.3. The molecule has 2 aliphatic heterocycles. The summed E-state index contributed by atoms with van der Waals surface area (Å²) in [5.74, 6) is -0.794. The van der Waals surface area contributed by atoms with Gasteiger partial charge in [-0.2, -0.15) is 4.98 Å². The number of benzene rings is 3. The van der Waals surface area contributed by atoms with Crippen LogP contribution in [-0.4, -0.2) is 132 Å². The molecule has 2 fully saturated rings. The number of thiazole rings is 1. The summed E-state index contributed by atoms with van der Waals surface area (Å²) >= 11 is 1.58. The Kier molecular flexibility index (Phi) is 18.6. The molecule has 18 nitrogen and oxygen atoms in total. The number of nitrogens with one attached hydrogen (secondary N) is 3. The standard InChI is InChI=1S/C57H71N9O9S/c1-36(38-15-17-39(18-16-38)50-37(2)60-35-76-50)61-53(70)48-32-44(68)34-65(48)55(72)46(57(3,4)5)31-43(67)23-25-73-27-29-75-30-28-74-26-24-58-52(69)40-19-21-41(22-20-40)62-56-59-33-49-51(63-56)66(42-11-7-8-12-42)47-14-10-9-13-45(47)54(71)64(49)6/h9-10,13-22,33,35-36,42,44,46,48,68H,7-8,11-12,23-32,34H2,1-6H3,(H,58,69)(H,61,70)(H,59,62,63)/t36-,44+,46+,48-/m0/s1. The van der Waals surface area contributed by atoms with Crippen LogP contribution in [0.5, 0.6) is 0 Å². The second-order valence-corrected chi connectivity index (χ2v) is 21.7. The molecule has 1 saturated heterocycles. The van der Waals surface area contributed by atoms with E-state index < -0.39 is 23.5 Å². The molecule has 1 saturated carbocycles. The molecule has 1 aliphatic carbocycles. The van der Waals surface area contributed by atoms with E-state index in [4.69, 9.17) is 19.2 Å². The molecule has 19 heteroatoms. The van der Waals surface area contributed by atoms with Crippen LogP contribution in [0, 0.1) is 18.3 Å². The molecular formula is C57H71N9O9S. The Morgan fingerprint density at radius 2 is 1.55 bits per heavy atom. The second kappa shape index (κ2) is 25.5. The first-order chi connectivity index (χ1) is 36.6. The maximum atomic E-state index is 14.1. The van der Waals surface area contributed by atoms with Crippen molar-refractivity contribution in [2.24, 2.45) is 11.3 Å². The number of ketones is 1. The molecule has 4 amide bonds. The van der Waals surface area contributed by atoms with Crippen LogP contribution >= 0.6 is 11.3 Å². The fourth-order valence-electron chi connectivity index (χ4n) is 10.0. The molecule has 3 aromatic carbocycles. The summed E-state index contributed by atoms with van der Waals surface area (Å²) < 4.78 is 16.9. The van der Waals surface area contributed by atoms with E-state index in [2.05, 4.69) is 30.8 Å². The minimum Gasteiger partial charge on any atom is -0.391 e. The van der Waals surface area contributed by atoms with Crippen LogP contribution in [0.3, 0.4) is 0 Å². The number of anilines is 5. The summed E-state index contributed by atoms with van der Waals surface area (Å²) in [6.45, 7) is 11.5. The Balaban J connectivity index is 0.698. The molecule has 4 heterocycles. The van der Waals surface area contributed by atoms with Gasteiger partial charge in [-0.15, -0.1) is 11.3 Å². The van der Waals surface area contributed by atoms with Gasteiger partial charge in [0.15, 0.2) is 5.82 Å². The van der Waals surface area contributed by atoms with Gasteiger partial charge < -0.3 is 50.0 Å². The zero-order chi connectivity index (χ0) is 53.9.